The second-order valence-corrected chi connectivity index (χ2v) is 19.2. The summed E-state index contributed by atoms with van der Waals surface area (Å²) in [7, 11) is 8.80. The minimum absolute atomic E-state index is 0.0126. The van der Waals surface area contributed by atoms with Crippen molar-refractivity contribution in [3.05, 3.63) is 30.0 Å². The number of benzene rings is 1. The molecule has 1 aromatic carbocycles. The van der Waals surface area contributed by atoms with Gasteiger partial charge in [0, 0.05) is 63.5 Å². The third-order valence-corrected chi connectivity index (χ3v) is 14.1. The van der Waals surface area contributed by atoms with E-state index in [9.17, 15) is 24.9 Å². The number of aromatic nitrogens is 1. The van der Waals surface area contributed by atoms with Crippen LogP contribution in [0.5, 0.6) is 0 Å². The number of esters is 1. The summed E-state index contributed by atoms with van der Waals surface area (Å²) in [5.41, 5.74) is -1.02. The Hall–Kier alpha value is -2.81. The fourth-order valence-corrected chi connectivity index (χ4v) is 9.81. The zero-order valence-electron chi connectivity index (χ0n) is 39.7. The van der Waals surface area contributed by atoms with Gasteiger partial charge in [0.05, 0.1) is 54.1 Å². The number of fused-ring (bicyclic) bond motifs is 1. The Bertz CT molecular complexity index is 1780. The molecule has 3 fully saturated rings. The molecule has 2 aromatic rings. The summed E-state index contributed by atoms with van der Waals surface area (Å²) >= 11 is 0. The molecule has 17 heteroatoms. The van der Waals surface area contributed by atoms with Crippen molar-refractivity contribution < 1.29 is 62.6 Å². The third-order valence-electron chi connectivity index (χ3n) is 14.1. The number of ether oxygens (including phenoxy) is 7. The van der Waals surface area contributed by atoms with Gasteiger partial charge in [-0.05, 0) is 93.6 Å². The van der Waals surface area contributed by atoms with Crippen molar-refractivity contribution in [3.8, 4) is 0 Å². The zero-order chi connectivity index (χ0) is 46.6. The lowest BCUT2D eigenvalue weighted by Crippen LogP contribution is -2.61. The smallest absolute Gasteiger partial charge is 0.311 e. The van der Waals surface area contributed by atoms with E-state index in [0.29, 0.717) is 24.1 Å². The van der Waals surface area contributed by atoms with Gasteiger partial charge in [-0.2, -0.15) is 0 Å². The maximum Gasteiger partial charge on any atom is 0.311 e. The van der Waals surface area contributed by atoms with Gasteiger partial charge in [0.15, 0.2) is 18.2 Å². The Kier molecular flexibility index (Phi) is 17.6. The first kappa shape index (κ1) is 51.2. The highest BCUT2D eigenvalue weighted by molar-refractivity contribution is 5.86. The number of cyclic esters (lactones) is 1. The molecule has 3 aliphatic rings. The quantitative estimate of drug-likeness (QED) is 0.226. The van der Waals surface area contributed by atoms with Crippen molar-refractivity contribution in [2.45, 2.75) is 172 Å². The highest BCUT2D eigenvalue weighted by Gasteiger charge is 2.52. The van der Waals surface area contributed by atoms with Crippen LogP contribution in [0.1, 0.15) is 86.8 Å². The Labute approximate surface area is 373 Å². The van der Waals surface area contributed by atoms with Crippen LogP contribution in [0.2, 0.25) is 0 Å². The minimum atomic E-state index is -1.12. The first-order chi connectivity index (χ1) is 29.6. The van der Waals surface area contributed by atoms with Gasteiger partial charge in [0.1, 0.15) is 24.0 Å². The second kappa shape index (κ2) is 21.7. The highest BCUT2D eigenvalue weighted by atomic mass is 16.7. The second-order valence-electron chi connectivity index (χ2n) is 19.2. The van der Waals surface area contributed by atoms with Gasteiger partial charge in [0.25, 0.3) is 0 Å². The van der Waals surface area contributed by atoms with Crippen LogP contribution in [-0.4, -0.2) is 175 Å². The number of rotatable bonds is 12. The van der Waals surface area contributed by atoms with E-state index < -0.39 is 84.3 Å². The average Bonchev–Trinajstić information content (AvgIpc) is 3.65. The molecule has 17 atom stereocenters. The molecule has 0 bridgehead atoms. The molecule has 63 heavy (non-hydrogen) atoms. The van der Waals surface area contributed by atoms with Crippen molar-refractivity contribution in [1.82, 2.24) is 20.3 Å². The first-order valence-electron chi connectivity index (χ1n) is 22.6. The molecule has 1 unspecified atom stereocenters. The van der Waals surface area contributed by atoms with E-state index in [1.807, 2.05) is 83.8 Å². The number of hydrogen-bond acceptors (Lipinski definition) is 16. The molecule has 0 aliphatic carbocycles. The number of nitrogens with one attached hydrogen (secondary N) is 1. The van der Waals surface area contributed by atoms with Crippen molar-refractivity contribution in [2.75, 3.05) is 48.5 Å². The summed E-state index contributed by atoms with van der Waals surface area (Å²) < 4.78 is 50.4. The normalized spacial score (nSPS) is 40.4. The molecule has 1 amide bonds. The molecule has 358 valence electrons. The molecule has 0 radical (unpaired) electrons. The van der Waals surface area contributed by atoms with E-state index in [0.717, 1.165) is 5.39 Å². The van der Waals surface area contributed by atoms with Gasteiger partial charge < -0.3 is 63.2 Å². The lowest BCUT2D eigenvalue weighted by Gasteiger charge is -2.50. The lowest BCUT2D eigenvalue weighted by molar-refractivity contribution is -0.319. The van der Waals surface area contributed by atoms with E-state index in [1.165, 1.54) is 7.11 Å². The van der Waals surface area contributed by atoms with Gasteiger partial charge in [0.2, 0.25) is 5.91 Å². The topological polar surface area (TPSA) is 204 Å². The third kappa shape index (κ3) is 12.0. The summed E-state index contributed by atoms with van der Waals surface area (Å²) in [6.07, 6.45) is -6.94. The Morgan fingerprint density at radius 2 is 1.65 bits per heavy atom. The van der Waals surface area contributed by atoms with Crippen LogP contribution in [0.3, 0.4) is 0 Å². The maximum absolute atomic E-state index is 14.6. The van der Waals surface area contributed by atoms with E-state index in [4.69, 9.17) is 37.7 Å². The summed E-state index contributed by atoms with van der Waals surface area (Å²) in [6, 6.07) is 6.70. The first-order valence-corrected chi connectivity index (χ1v) is 22.6. The summed E-state index contributed by atoms with van der Waals surface area (Å²) in [6.45, 7) is 15.4. The monoisotopic (exact) mass is 893 g/mol. The number of para-hydroxylation sites is 1. The molecule has 4 N–H and O–H groups in total. The SMILES string of the molecule is CO[C@]1(C)CC(O[C@H]2[C@H](C)[C@@H](O[C@@H]3O[C@H](C)C[C@H](N(C)C)[C@H]3O)[C@@](C)(OC)C[C@@H](C)[C@H](O)[C@H](C)N(C)C[C@@H](CCNC(=O)Cc3noc4ccccc34)OC(=O)[C@@H]2C)O[C@@H](C)[C@@H]1O. The van der Waals surface area contributed by atoms with Gasteiger partial charge in [-0.1, -0.05) is 31.1 Å². The number of likely N-dealkylation sites (N-methyl/N-ethyl adjacent to an activating group) is 2. The Morgan fingerprint density at radius 3 is 2.32 bits per heavy atom. The van der Waals surface area contributed by atoms with Gasteiger partial charge in [-0.15, -0.1) is 0 Å². The fourth-order valence-electron chi connectivity index (χ4n) is 9.81. The molecule has 0 spiro atoms. The van der Waals surface area contributed by atoms with Crippen LogP contribution in [-0.2, 0) is 49.2 Å². The molecule has 1 aromatic heterocycles. The van der Waals surface area contributed by atoms with Crippen LogP contribution in [0.4, 0.5) is 0 Å². The van der Waals surface area contributed by atoms with Gasteiger partial charge >= 0.3 is 5.97 Å². The van der Waals surface area contributed by atoms with Gasteiger partial charge in [-0.3, -0.25) is 14.5 Å². The summed E-state index contributed by atoms with van der Waals surface area (Å²) in [5, 5.41) is 42.6. The number of carbonyl (C=O) groups is 2. The number of methoxy groups -OCH3 is 2. The molecule has 5 rings (SSSR count). The maximum atomic E-state index is 14.6. The molecule has 4 heterocycles. The summed E-state index contributed by atoms with van der Waals surface area (Å²) in [4.78, 5) is 31.7. The van der Waals surface area contributed by atoms with E-state index >= 15 is 0 Å². The molecule has 17 nitrogen and oxygen atoms in total. The lowest BCUT2D eigenvalue weighted by atomic mass is 9.76. The minimum Gasteiger partial charge on any atom is -0.461 e. The molecular weight excluding hydrogens is 817 g/mol. The van der Waals surface area contributed by atoms with E-state index in [-0.39, 0.29) is 62.4 Å². The van der Waals surface area contributed by atoms with Crippen molar-refractivity contribution >= 4 is 22.8 Å². The molecule has 3 saturated heterocycles. The van der Waals surface area contributed by atoms with Crippen LogP contribution in [0.15, 0.2) is 28.8 Å². The highest BCUT2D eigenvalue weighted by Crippen LogP contribution is 2.41. The predicted molar refractivity (Wildman–Crippen MR) is 233 cm³/mol. The number of aliphatic hydroxyl groups excluding tert-OH is 3. The van der Waals surface area contributed by atoms with Crippen molar-refractivity contribution in [1.29, 1.82) is 0 Å². The van der Waals surface area contributed by atoms with E-state index in [1.54, 1.807) is 33.9 Å². The molecule has 3 aliphatic heterocycles. The Morgan fingerprint density at radius 1 is 0.968 bits per heavy atom. The van der Waals surface area contributed by atoms with Crippen LogP contribution >= 0.6 is 0 Å². The van der Waals surface area contributed by atoms with Crippen molar-refractivity contribution in [2.24, 2.45) is 17.8 Å². The van der Waals surface area contributed by atoms with Crippen LogP contribution in [0.25, 0.3) is 11.0 Å². The largest absolute Gasteiger partial charge is 0.461 e. The molecule has 0 saturated carbocycles. The summed E-state index contributed by atoms with van der Waals surface area (Å²) in [5.74, 6) is -2.75. The number of aliphatic hydroxyl groups is 3. The average molecular weight is 893 g/mol. The number of amides is 1. The van der Waals surface area contributed by atoms with Crippen molar-refractivity contribution in [3.63, 3.8) is 0 Å². The number of carbonyl (C=O) groups excluding carboxylic acids is 2. The predicted octanol–water partition coefficient (Wildman–Crippen LogP) is 3.28. The van der Waals surface area contributed by atoms with Gasteiger partial charge in [-0.25, -0.2) is 0 Å². The van der Waals surface area contributed by atoms with Crippen LogP contribution < -0.4 is 5.32 Å². The Balaban J connectivity index is 1.49. The fraction of sp³-hybridized carbons (Fsp3) is 0.804. The molecular formula is C46H76N4O13. The standard InChI is InChI=1S/C46H76N4O13/c1-25-22-46(8,57-13)42(62-44-39(53)34(49(9)10)20-26(2)58-44)27(3)40(61-37-23-45(7,56-12)41(54)30(6)59-37)28(4)43(55)60-31(24-50(11)29(5)38(25)52)18-19-47-36(51)21-33-32-16-14-15-17-35(32)63-48-33/h14-17,25-31,34,37-42,44,52-54H,18-24H2,1-13H3,(H,47,51)/t25-,26-,27+,28-,29+,30+,31-,34+,37?,38+,39-,40+,41+,42-,44+,45-,46+/m1/s1. The van der Waals surface area contributed by atoms with Crippen LogP contribution in [0, 0.1) is 17.8 Å². The number of hydrogen-bond donors (Lipinski definition) is 4. The van der Waals surface area contributed by atoms with E-state index in [2.05, 4.69) is 10.5 Å². The number of nitrogens with zero attached hydrogens (tertiary/aromatic N) is 3. The zero-order valence-corrected chi connectivity index (χ0v) is 39.7.